The largest absolute Gasteiger partial charge is 0.482 e. The second-order valence-corrected chi connectivity index (χ2v) is 3.64. The van der Waals surface area contributed by atoms with Gasteiger partial charge in [0.15, 0.2) is 6.61 Å². The van der Waals surface area contributed by atoms with Gasteiger partial charge in [-0.1, -0.05) is 13.3 Å². The van der Waals surface area contributed by atoms with Gasteiger partial charge in [0.05, 0.1) is 7.11 Å². The fourth-order valence-corrected chi connectivity index (χ4v) is 1.47. The molecule has 0 amide bonds. The minimum atomic E-state index is -0.446. The van der Waals surface area contributed by atoms with Gasteiger partial charge in [-0.2, -0.15) is 0 Å². The molecule has 0 atom stereocenters. The van der Waals surface area contributed by atoms with Gasteiger partial charge in [0.2, 0.25) is 0 Å². The molecule has 1 aromatic rings. The molecule has 92 valence electrons. The van der Waals surface area contributed by atoms with Crippen LogP contribution in [0.1, 0.15) is 29.3 Å². The van der Waals surface area contributed by atoms with Crippen molar-refractivity contribution in [1.29, 1.82) is 0 Å². The van der Waals surface area contributed by atoms with E-state index < -0.39 is 5.97 Å². The van der Waals surface area contributed by atoms with Gasteiger partial charge in [-0.25, -0.2) is 4.79 Å². The summed E-state index contributed by atoms with van der Waals surface area (Å²) in [5.74, 6) is 0.0713. The van der Waals surface area contributed by atoms with Crippen molar-refractivity contribution in [3.63, 3.8) is 0 Å². The number of carbonyl (C=O) groups is 2. The Kier molecular flexibility index (Phi) is 5.20. The molecule has 17 heavy (non-hydrogen) atoms. The number of hydrogen-bond acceptors (Lipinski definition) is 4. The van der Waals surface area contributed by atoms with Crippen LogP contribution < -0.4 is 4.74 Å². The lowest BCUT2D eigenvalue weighted by Gasteiger charge is -2.08. The van der Waals surface area contributed by atoms with Crippen molar-refractivity contribution in [2.45, 2.75) is 19.8 Å². The topological polar surface area (TPSA) is 52.6 Å². The SMILES string of the molecule is CCCc1cc(C=O)cc(OCC(=O)OC)c1. The van der Waals surface area contributed by atoms with Crippen molar-refractivity contribution in [3.05, 3.63) is 29.3 Å². The smallest absolute Gasteiger partial charge is 0.343 e. The Morgan fingerprint density at radius 3 is 2.71 bits per heavy atom. The first-order chi connectivity index (χ1) is 8.19. The number of carbonyl (C=O) groups excluding carboxylic acids is 2. The van der Waals surface area contributed by atoms with Crippen LogP contribution in [0.2, 0.25) is 0 Å². The fourth-order valence-electron chi connectivity index (χ4n) is 1.47. The van der Waals surface area contributed by atoms with Gasteiger partial charge in [-0.3, -0.25) is 4.79 Å². The quantitative estimate of drug-likeness (QED) is 0.560. The second-order valence-electron chi connectivity index (χ2n) is 3.64. The summed E-state index contributed by atoms with van der Waals surface area (Å²) in [5.41, 5.74) is 1.58. The first-order valence-corrected chi connectivity index (χ1v) is 5.48. The van der Waals surface area contributed by atoms with E-state index in [2.05, 4.69) is 11.7 Å². The zero-order chi connectivity index (χ0) is 12.7. The van der Waals surface area contributed by atoms with E-state index in [-0.39, 0.29) is 6.61 Å². The molecule has 0 heterocycles. The van der Waals surface area contributed by atoms with Crippen LogP contribution in [0.5, 0.6) is 5.75 Å². The number of aryl methyl sites for hydroxylation is 1. The molecule has 1 aromatic carbocycles. The molecule has 4 nitrogen and oxygen atoms in total. The predicted molar refractivity (Wildman–Crippen MR) is 63.3 cm³/mol. The van der Waals surface area contributed by atoms with Crippen molar-refractivity contribution in [1.82, 2.24) is 0 Å². The summed E-state index contributed by atoms with van der Waals surface area (Å²) in [6.07, 6.45) is 2.62. The lowest BCUT2D eigenvalue weighted by Crippen LogP contribution is -2.12. The number of ether oxygens (including phenoxy) is 2. The summed E-state index contributed by atoms with van der Waals surface area (Å²) in [7, 11) is 1.30. The van der Waals surface area contributed by atoms with E-state index >= 15 is 0 Å². The molecular formula is C13H16O4. The highest BCUT2D eigenvalue weighted by atomic mass is 16.6. The Morgan fingerprint density at radius 2 is 2.12 bits per heavy atom. The molecule has 0 saturated heterocycles. The molecule has 0 saturated carbocycles. The summed E-state index contributed by atoms with van der Waals surface area (Å²) in [5, 5.41) is 0. The molecule has 0 bridgehead atoms. The standard InChI is InChI=1S/C13H16O4/c1-3-4-10-5-11(8-14)7-12(6-10)17-9-13(15)16-2/h5-8H,3-4,9H2,1-2H3. The third kappa shape index (κ3) is 4.26. The van der Waals surface area contributed by atoms with Crippen LogP contribution in [0.25, 0.3) is 0 Å². The van der Waals surface area contributed by atoms with E-state index in [0.717, 1.165) is 24.7 Å². The number of aldehydes is 1. The molecule has 4 heteroatoms. The minimum Gasteiger partial charge on any atom is -0.482 e. The summed E-state index contributed by atoms with van der Waals surface area (Å²) >= 11 is 0. The van der Waals surface area contributed by atoms with Crippen molar-refractivity contribution >= 4 is 12.3 Å². The molecule has 0 aliphatic heterocycles. The van der Waals surface area contributed by atoms with Gasteiger partial charge in [-0.15, -0.1) is 0 Å². The Labute approximate surface area is 101 Å². The van der Waals surface area contributed by atoms with E-state index in [1.165, 1.54) is 7.11 Å². The monoisotopic (exact) mass is 236 g/mol. The molecule has 0 unspecified atom stereocenters. The average molecular weight is 236 g/mol. The van der Waals surface area contributed by atoms with Gasteiger partial charge in [0.1, 0.15) is 12.0 Å². The molecular weight excluding hydrogens is 220 g/mol. The lowest BCUT2D eigenvalue weighted by atomic mass is 10.1. The zero-order valence-electron chi connectivity index (χ0n) is 10.1. The van der Waals surface area contributed by atoms with Crippen LogP contribution in [-0.4, -0.2) is 26.0 Å². The van der Waals surface area contributed by atoms with Gasteiger partial charge in [0, 0.05) is 5.56 Å². The zero-order valence-corrected chi connectivity index (χ0v) is 10.1. The highest BCUT2D eigenvalue weighted by Gasteiger charge is 2.04. The number of hydrogen-bond donors (Lipinski definition) is 0. The van der Waals surface area contributed by atoms with Crippen LogP contribution >= 0.6 is 0 Å². The maximum atomic E-state index is 10.9. The summed E-state index contributed by atoms with van der Waals surface area (Å²) in [4.78, 5) is 21.7. The van der Waals surface area contributed by atoms with Gasteiger partial charge in [0.25, 0.3) is 0 Å². The van der Waals surface area contributed by atoms with Crippen molar-refractivity contribution in [3.8, 4) is 5.75 Å². The number of benzene rings is 1. The number of rotatable bonds is 6. The molecule has 1 rings (SSSR count). The van der Waals surface area contributed by atoms with E-state index in [4.69, 9.17) is 4.74 Å². The van der Waals surface area contributed by atoms with Gasteiger partial charge >= 0.3 is 5.97 Å². The van der Waals surface area contributed by atoms with Crippen LogP contribution in [0.4, 0.5) is 0 Å². The molecule has 0 radical (unpaired) electrons. The van der Waals surface area contributed by atoms with Crippen molar-refractivity contribution in [2.24, 2.45) is 0 Å². The summed E-state index contributed by atoms with van der Waals surface area (Å²) in [6, 6.07) is 5.26. The van der Waals surface area contributed by atoms with Crippen LogP contribution in [0.3, 0.4) is 0 Å². The fraction of sp³-hybridized carbons (Fsp3) is 0.385. The summed E-state index contributed by atoms with van der Waals surface area (Å²) < 4.78 is 9.73. The van der Waals surface area contributed by atoms with E-state index in [1.54, 1.807) is 6.07 Å². The van der Waals surface area contributed by atoms with Crippen LogP contribution in [0, 0.1) is 0 Å². The van der Waals surface area contributed by atoms with Crippen LogP contribution in [0.15, 0.2) is 18.2 Å². The first-order valence-electron chi connectivity index (χ1n) is 5.48. The lowest BCUT2D eigenvalue weighted by molar-refractivity contribution is -0.142. The normalized spacial score (nSPS) is 9.76. The third-order valence-electron chi connectivity index (χ3n) is 2.25. The van der Waals surface area contributed by atoms with Crippen molar-refractivity contribution in [2.75, 3.05) is 13.7 Å². The predicted octanol–water partition coefficient (Wildman–Crippen LogP) is 2.00. The molecule has 0 spiro atoms. The van der Waals surface area contributed by atoms with Gasteiger partial charge < -0.3 is 9.47 Å². The van der Waals surface area contributed by atoms with Crippen LogP contribution in [-0.2, 0) is 16.0 Å². The molecule has 0 aromatic heterocycles. The number of methoxy groups -OCH3 is 1. The average Bonchev–Trinajstić information content (AvgIpc) is 2.36. The maximum Gasteiger partial charge on any atom is 0.343 e. The Balaban J connectivity index is 2.79. The Bertz CT molecular complexity index is 398. The minimum absolute atomic E-state index is 0.148. The van der Waals surface area contributed by atoms with Crippen molar-refractivity contribution < 1.29 is 19.1 Å². The molecule has 0 aliphatic rings. The Hall–Kier alpha value is -1.84. The maximum absolute atomic E-state index is 10.9. The van der Waals surface area contributed by atoms with E-state index in [1.807, 2.05) is 12.1 Å². The highest BCUT2D eigenvalue weighted by molar-refractivity contribution is 5.76. The second kappa shape index (κ2) is 6.68. The van der Waals surface area contributed by atoms with E-state index in [9.17, 15) is 9.59 Å². The molecule has 0 N–H and O–H groups in total. The third-order valence-corrected chi connectivity index (χ3v) is 2.25. The summed E-state index contributed by atoms with van der Waals surface area (Å²) in [6.45, 7) is 1.91. The van der Waals surface area contributed by atoms with E-state index in [0.29, 0.717) is 11.3 Å². The number of esters is 1. The molecule has 0 aliphatic carbocycles. The van der Waals surface area contributed by atoms with Gasteiger partial charge in [-0.05, 0) is 30.2 Å². The Morgan fingerprint density at radius 1 is 1.35 bits per heavy atom. The molecule has 0 fully saturated rings. The highest BCUT2D eigenvalue weighted by Crippen LogP contribution is 2.17. The first kappa shape index (κ1) is 13.2.